The van der Waals surface area contributed by atoms with Crippen molar-refractivity contribution >= 4 is 0 Å². The van der Waals surface area contributed by atoms with E-state index in [0.29, 0.717) is 0 Å². The molecule has 0 aromatic carbocycles. The minimum atomic E-state index is 0.861. The van der Waals surface area contributed by atoms with Gasteiger partial charge < -0.3 is 0 Å². The van der Waals surface area contributed by atoms with Gasteiger partial charge in [-0.1, -0.05) is 20.3 Å². The van der Waals surface area contributed by atoms with Crippen molar-refractivity contribution in [1.29, 1.82) is 0 Å². The highest BCUT2D eigenvalue weighted by molar-refractivity contribution is 5.10. The first kappa shape index (κ1) is 5.76. The first-order chi connectivity index (χ1) is 4.31. The normalized spacial score (nSPS) is 55.3. The highest BCUT2D eigenvalue weighted by Crippen LogP contribution is 2.69. The van der Waals surface area contributed by atoms with Gasteiger partial charge in [-0.2, -0.15) is 0 Å². The van der Waals surface area contributed by atoms with Gasteiger partial charge in [-0.05, 0) is 36.5 Å². The van der Waals surface area contributed by atoms with Crippen molar-refractivity contribution in [2.24, 2.45) is 17.3 Å². The van der Waals surface area contributed by atoms with Crippen molar-refractivity contribution in [1.82, 2.24) is 0 Å². The molecule has 0 saturated heterocycles. The molecule has 0 heterocycles. The van der Waals surface area contributed by atoms with E-state index in [9.17, 15) is 0 Å². The molecule has 0 aromatic rings. The third-order valence-corrected chi connectivity index (χ3v) is 3.96. The minimum absolute atomic E-state index is 0.861. The van der Waals surface area contributed by atoms with Crippen molar-refractivity contribution in [2.75, 3.05) is 0 Å². The predicted molar refractivity (Wildman–Crippen MR) is 39.2 cm³/mol. The van der Waals surface area contributed by atoms with Crippen molar-refractivity contribution in [3.05, 3.63) is 0 Å². The average Bonchev–Trinajstić information content (AvgIpc) is 2.29. The van der Waals surface area contributed by atoms with E-state index < -0.39 is 0 Å². The molecule has 0 bridgehead atoms. The van der Waals surface area contributed by atoms with Crippen molar-refractivity contribution in [3.8, 4) is 0 Å². The van der Waals surface area contributed by atoms with Gasteiger partial charge in [0.1, 0.15) is 0 Å². The van der Waals surface area contributed by atoms with Gasteiger partial charge in [-0.15, -0.1) is 0 Å². The van der Waals surface area contributed by atoms with E-state index in [1.807, 2.05) is 0 Å². The smallest absolute Gasteiger partial charge is 0.0241 e. The van der Waals surface area contributed by atoms with E-state index in [-0.39, 0.29) is 0 Å². The first-order valence-electron chi connectivity index (χ1n) is 4.31. The summed E-state index contributed by atoms with van der Waals surface area (Å²) in [6, 6.07) is 0. The SMILES string of the molecule is CCC12CCCC1C2C. The molecule has 3 unspecified atom stereocenters. The Morgan fingerprint density at radius 1 is 1.56 bits per heavy atom. The Labute approximate surface area is 57.6 Å². The van der Waals surface area contributed by atoms with Crippen LogP contribution in [0.25, 0.3) is 0 Å². The van der Waals surface area contributed by atoms with Crippen LogP contribution in [-0.2, 0) is 0 Å². The van der Waals surface area contributed by atoms with Crippen LogP contribution < -0.4 is 0 Å². The number of hydrogen-bond acceptors (Lipinski definition) is 0. The van der Waals surface area contributed by atoms with Gasteiger partial charge in [0.25, 0.3) is 0 Å². The van der Waals surface area contributed by atoms with Crippen LogP contribution >= 0.6 is 0 Å². The quantitative estimate of drug-likeness (QED) is 0.504. The Bertz CT molecular complexity index is 128. The maximum atomic E-state index is 2.44. The first-order valence-corrected chi connectivity index (χ1v) is 4.31. The molecule has 2 aliphatic rings. The van der Waals surface area contributed by atoms with Crippen LogP contribution in [-0.4, -0.2) is 0 Å². The lowest BCUT2D eigenvalue weighted by molar-refractivity contribution is 0.430. The molecule has 0 aliphatic heterocycles. The summed E-state index contributed by atoms with van der Waals surface area (Å²) in [5.74, 6) is 2.22. The fraction of sp³-hybridized carbons (Fsp3) is 1.00. The number of hydrogen-bond donors (Lipinski definition) is 0. The Balaban J connectivity index is 2.13. The molecule has 0 amide bonds. The Kier molecular flexibility index (Phi) is 0.980. The summed E-state index contributed by atoms with van der Waals surface area (Å²) in [5.41, 5.74) is 0.861. The zero-order valence-electron chi connectivity index (χ0n) is 6.48. The summed E-state index contributed by atoms with van der Waals surface area (Å²) in [5, 5.41) is 0. The Morgan fingerprint density at radius 3 is 2.67 bits per heavy atom. The summed E-state index contributed by atoms with van der Waals surface area (Å²) in [6.45, 7) is 4.80. The van der Waals surface area contributed by atoms with Gasteiger partial charge in [0.05, 0.1) is 0 Å². The zero-order valence-corrected chi connectivity index (χ0v) is 6.48. The van der Waals surface area contributed by atoms with Gasteiger partial charge in [-0.3, -0.25) is 0 Å². The van der Waals surface area contributed by atoms with Crippen LogP contribution in [0.1, 0.15) is 39.5 Å². The van der Waals surface area contributed by atoms with E-state index in [4.69, 9.17) is 0 Å². The van der Waals surface area contributed by atoms with Crippen LogP contribution in [0.5, 0.6) is 0 Å². The maximum Gasteiger partial charge on any atom is -0.0241 e. The molecule has 0 N–H and O–H groups in total. The molecular formula is C9H16. The van der Waals surface area contributed by atoms with Crippen LogP contribution in [0.4, 0.5) is 0 Å². The van der Waals surface area contributed by atoms with Crippen LogP contribution in [0, 0.1) is 17.3 Å². The van der Waals surface area contributed by atoms with Crippen LogP contribution in [0.15, 0.2) is 0 Å². The summed E-state index contributed by atoms with van der Waals surface area (Å²) < 4.78 is 0. The lowest BCUT2D eigenvalue weighted by atomic mass is 9.98. The zero-order chi connectivity index (χ0) is 6.48. The molecular weight excluding hydrogens is 108 g/mol. The summed E-state index contributed by atoms with van der Waals surface area (Å²) in [4.78, 5) is 0. The number of fused-ring (bicyclic) bond motifs is 1. The van der Waals surface area contributed by atoms with E-state index in [0.717, 1.165) is 17.3 Å². The van der Waals surface area contributed by atoms with Crippen molar-refractivity contribution < 1.29 is 0 Å². The van der Waals surface area contributed by atoms with Gasteiger partial charge in [0, 0.05) is 0 Å². The Hall–Kier alpha value is 0. The topological polar surface area (TPSA) is 0 Å². The van der Waals surface area contributed by atoms with Crippen molar-refractivity contribution in [3.63, 3.8) is 0 Å². The molecule has 0 nitrogen and oxygen atoms in total. The molecule has 0 spiro atoms. The standard InChI is InChI=1S/C9H16/c1-3-9-6-4-5-8(9)7(9)2/h7-8H,3-6H2,1-2H3. The number of rotatable bonds is 1. The summed E-state index contributed by atoms with van der Waals surface area (Å²) in [6.07, 6.45) is 6.03. The molecule has 9 heavy (non-hydrogen) atoms. The highest BCUT2D eigenvalue weighted by atomic mass is 14.7. The second-order valence-electron chi connectivity index (χ2n) is 3.87. The van der Waals surface area contributed by atoms with E-state index in [2.05, 4.69) is 13.8 Å². The molecule has 0 radical (unpaired) electrons. The molecule has 52 valence electrons. The molecule has 2 aliphatic carbocycles. The van der Waals surface area contributed by atoms with E-state index in [1.54, 1.807) is 0 Å². The average molecular weight is 124 g/mol. The third kappa shape index (κ3) is 0.500. The Morgan fingerprint density at radius 2 is 2.33 bits per heavy atom. The lowest BCUT2D eigenvalue weighted by Crippen LogP contribution is -1.97. The predicted octanol–water partition coefficient (Wildman–Crippen LogP) is 2.83. The van der Waals surface area contributed by atoms with Gasteiger partial charge in [0.15, 0.2) is 0 Å². The van der Waals surface area contributed by atoms with Gasteiger partial charge >= 0.3 is 0 Å². The molecule has 2 rings (SSSR count). The lowest BCUT2D eigenvalue weighted by Gasteiger charge is -2.07. The second-order valence-corrected chi connectivity index (χ2v) is 3.87. The third-order valence-electron chi connectivity index (χ3n) is 3.96. The van der Waals surface area contributed by atoms with Crippen LogP contribution in [0.3, 0.4) is 0 Å². The largest absolute Gasteiger partial charge is 0.0648 e. The molecule has 2 saturated carbocycles. The van der Waals surface area contributed by atoms with Crippen molar-refractivity contribution in [2.45, 2.75) is 39.5 Å². The summed E-state index contributed by atoms with van der Waals surface area (Å²) >= 11 is 0. The molecule has 0 aromatic heterocycles. The second kappa shape index (κ2) is 1.53. The van der Waals surface area contributed by atoms with Gasteiger partial charge in [0.2, 0.25) is 0 Å². The molecule has 3 atom stereocenters. The van der Waals surface area contributed by atoms with E-state index >= 15 is 0 Å². The van der Waals surface area contributed by atoms with E-state index in [1.165, 1.54) is 25.7 Å². The minimum Gasteiger partial charge on any atom is -0.0648 e. The molecule has 2 fully saturated rings. The monoisotopic (exact) mass is 124 g/mol. The van der Waals surface area contributed by atoms with Gasteiger partial charge in [-0.25, -0.2) is 0 Å². The highest BCUT2D eigenvalue weighted by Gasteiger charge is 2.61. The van der Waals surface area contributed by atoms with Crippen LogP contribution in [0.2, 0.25) is 0 Å². The summed E-state index contributed by atoms with van der Waals surface area (Å²) in [7, 11) is 0. The fourth-order valence-electron chi connectivity index (χ4n) is 3.16. The fourth-order valence-corrected chi connectivity index (χ4v) is 3.16. The maximum absolute atomic E-state index is 2.44. The molecule has 0 heteroatoms.